The van der Waals surface area contributed by atoms with E-state index in [0.717, 1.165) is 18.4 Å². The van der Waals surface area contributed by atoms with Crippen LogP contribution in [-0.4, -0.2) is 68.2 Å². The minimum absolute atomic E-state index is 0.0190. The monoisotopic (exact) mass is 392 g/mol. The Balaban J connectivity index is 1.38. The Morgan fingerprint density at radius 1 is 1.15 bits per heavy atom. The van der Waals surface area contributed by atoms with Crippen molar-refractivity contribution in [2.45, 2.75) is 36.6 Å². The summed E-state index contributed by atoms with van der Waals surface area (Å²) in [5.74, 6) is -0.0227. The Morgan fingerprint density at radius 2 is 1.89 bits per heavy atom. The van der Waals surface area contributed by atoms with Crippen molar-refractivity contribution in [3.05, 3.63) is 23.8 Å². The second kappa shape index (κ2) is 7.21. The molecule has 2 amide bonds. The smallest absolute Gasteiger partial charge is 0.243 e. The van der Waals surface area contributed by atoms with Gasteiger partial charge in [-0.2, -0.15) is 4.31 Å². The Hall–Kier alpha value is -1.97. The highest BCUT2D eigenvalue weighted by molar-refractivity contribution is 7.89. The summed E-state index contributed by atoms with van der Waals surface area (Å²) in [7, 11) is -3.58. The van der Waals surface area contributed by atoms with E-state index in [2.05, 4.69) is 10.6 Å². The number of nitrogens with zero attached hydrogens (tertiary/aromatic N) is 2. The minimum atomic E-state index is -3.58. The number of anilines is 1. The van der Waals surface area contributed by atoms with Crippen LogP contribution in [0, 0.1) is 0 Å². The number of amides is 2. The highest BCUT2D eigenvalue weighted by Crippen LogP contribution is 2.27. The lowest BCUT2D eigenvalue weighted by molar-refractivity contribution is -0.122. The van der Waals surface area contributed by atoms with Crippen molar-refractivity contribution in [1.82, 2.24) is 14.5 Å². The van der Waals surface area contributed by atoms with Gasteiger partial charge in [0.05, 0.1) is 11.4 Å². The molecule has 9 heteroatoms. The Kier molecular flexibility index (Phi) is 4.92. The number of fused-ring (bicyclic) bond motifs is 1. The van der Waals surface area contributed by atoms with Gasteiger partial charge < -0.3 is 10.6 Å². The molecule has 2 heterocycles. The van der Waals surface area contributed by atoms with Crippen LogP contribution in [-0.2, 0) is 26.0 Å². The summed E-state index contributed by atoms with van der Waals surface area (Å²) in [6, 6.07) is 5.22. The molecule has 0 radical (unpaired) electrons. The number of benzene rings is 1. The lowest BCUT2D eigenvalue weighted by atomic mass is 10.0. The van der Waals surface area contributed by atoms with E-state index in [1.165, 1.54) is 4.31 Å². The predicted molar refractivity (Wildman–Crippen MR) is 99.8 cm³/mol. The van der Waals surface area contributed by atoms with Crippen molar-refractivity contribution in [2.75, 3.05) is 38.0 Å². The van der Waals surface area contributed by atoms with Gasteiger partial charge in [-0.25, -0.2) is 8.42 Å². The summed E-state index contributed by atoms with van der Waals surface area (Å²) >= 11 is 0. The van der Waals surface area contributed by atoms with Crippen molar-refractivity contribution in [3.63, 3.8) is 0 Å². The molecular formula is C18H24N4O4S. The highest BCUT2D eigenvalue weighted by Gasteiger charge is 2.31. The fraction of sp³-hybridized carbons (Fsp3) is 0.556. The zero-order chi connectivity index (χ0) is 19.0. The molecular weight excluding hydrogens is 368 g/mol. The van der Waals surface area contributed by atoms with Crippen LogP contribution in [0.25, 0.3) is 0 Å². The lowest BCUT2D eigenvalue weighted by Crippen LogP contribution is -2.51. The van der Waals surface area contributed by atoms with E-state index in [4.69, 9.17) is 0 Å². The quantitative estimate of drug-likeness (QED) is 0.744. The fourth-order valence-corrected chi connectivity index (χ4v) is 4.97. The molecule has 2 aliphatic heterocycles. The van der Waals surface area contributed by atoms with Gasteiger partial charge in [-0.1, -0.05) is 0 Å². The number of carbonyl (C=O) groups excluding carboxylic acids is 2. The lowest BCUT2D eigenvalue weighted by Gasteiger charge is -2.33. The van der Waals surface area contributed by atoms with Gasteiger partial charge in [0.25, 0.3) is 0 Å². The molecule has 4 rings (SSSR count). The predicted octanol–water partition coefficient (Wildman–Crippen LogP) is 0.156. The molecule has 1 saturated heterocycles. The van der Waals surface area contributed by atoms with Crippen LogP contribution in [0.4, 0.5) is 5.69 Å². The zero-order valence-corrected chi connectivity index (χ0v) is 15.9. The molecule has 3 aliphatic rings. The van der Waals surface area contributed by atoms with E-state index in [1.807, 2.05) is 4.90 Å². The Labute approximate surface area is 158 Å². The third kappa shape index (κ3) is 4.15. The number of aryl methyl sites for hydroxylation is 1. The van der Waals surface area contributed by atoms with E-state index in [0.29, 0.717) is 57.3 Å². The molecule has 0 aromatic heterocycles. The average Bonchev–Trinajstić information content (AvgIpc) is 3.45. The van der Waals surface area contributed by atoms with Crippen LogP contribution in [0.2, 0.25) is 0 Å². The van der Waals surface area contributed by atoms with Gasteiger partial charge in [-0.15, -0.1) is 0 Å². The molecule has 1 aromatic carbocycles. The summed E-state index contributed by atoms with van der Waals surface area (Å²) in [6.07, 6.45) is 3.04. The van der Waals surface area contributed by atoms with Crippen molar-refractivity contribution in [3.8, 4) is 0 Å². The molecule has 27 heavy (non-hydrogen) atoms. The molecule has 0 atom stereocenters. The van der Waals surface area contributed by atoms with Crippen LogP contribution in [0.5, 0.6) is 0 Å². The fourth-order valence-electron chi connectivity index (χ4n) is 3.50. The Morgan fingerprint density at radius 3 is 2.59 bits per heavy atom. The minimum Gasteiger partial charge on any atom is -0.352 e. The van der Waals surface area contributed by atoms with E-state index in [9.17, 15) is 18.0 Å². The molecule has 8 nitrogen and oxygen atoms in total. The SMILES string of the molecule is O=C1CCc2cc(S(=O)(=O)N3CCN(CC(=O)NC4CC4)CC3)ccc2N1. The number of hydrogen-bond donors (Lipinski definition) is 2. The molecule has 0 spiro atoms. The Bertz CT molecular complexity index is 858. The molecule has 2 fully saturated rings. The van der Waals surface area contributed by atoms with Crippen LogP contribution < -0.4 is 10.6 Å². The van der Waals surface area contributed by atoms with E-state index < -0.39 is 10.0 Å². The molecule has 0 unspecified atom stereocenters. The van der Waals surface area contributed by atoms with Crippen LogP contribution in [0.3, 0.4) is 0 Å². The number of rotatable bonds is 5. The van der Waals surface area contributed by atoms with Gasteiger partial charge >= 0.3 is 0 Å². The van der Waals surface area contributed by atoms with Crippen LogP contribution in [0.15, 0.2) is 23.1 Å². The number of nitrogens with one attached hydrogen (secondary N) is 2. The topological polar surface area (TPSA) is 98.8 Å². The number of carbonyl (C=O) groups is 2. The second-order valence-corrected chi connectivity index (χ2v) is 9.33. The zero-order valence-electron chi connectivity index (χ0n) is 15.1. The third-order valence-electron chi connectivity index (χ3n) is 5.25. The summed E-state index contributed by atoms with van der Waals surface area (Å²) in [4.78, 5) is 25.6. The molecule has 1 aliphatic carbocycles. The first-order valence-electron chi connectivity index (χ1n) is 9.36. The third-order valence-corrected chi connectivity index (χ3v) is 7.15. The normalized spacial score (nSPS) is 21.4. The summed E-state index contributed by atoms with van der Waals surface area (Å²) in [5, 5.41) is 5.73. The first-order chi connectivity index (χ1) is 12.9. The molecule has 146 valence electrons. The van der Waals surface area contributed by atoms with Crippen molar-refractivity contribution >= 4 is 27.5 Å². The van der Waals surface area contributed by atoms with Gasteiger partial charge in [-0.05, 0) is 43.0 Å². The highest BCUT2D eigenvalue weighted by atomic mass is 32.2. The largest absolute Gasteiger partial charge is 0.352 e. The molecule has 1 aromatic rings. The van der Waals surface area contributed by atoms with Gasteiger partial charge in [0.1, 0.15) is 0 Å². The van der Waals surface area contributed by atoms with Gasteiger partial charge in [0.2, 0.25) is 21.8 Å². The first kappa shape index (κ1) is 18.4. The summed E-state index contributed by atoms with van der Waals surface area (Å²) in [5.41, 5.74) is 1.54. The number of sulfonamides is 1. The summed E-state index contributed by atoms with van der Waals surface area (Å²) < 4.78 is 27.4. The number of piperazine rings is 1. The van der Waals surface area contributed by atoms with Crippen LogP contribution >= 0.6 is 0 Å². The summed E-state index contributed by atoms with van der Waals surface area (Å²) in [6.45, 7) is 2.14. The van der Waals surface area contributed by atoms with Gasteiger partial charge in [-0.3, -0.25) is 14.5 Å². The van der Waals surface area contributed by atoms with Crippen molar-refractivity contribution in [2.24, 2.45) is 0 Å². The van der Waals surface area contributed by atoms with E-state index in [-0.39, 0.29) is 16.7 Å². The van der Waals surface area contributed by atoms with Gasteiger partial charge in [0.15, 0.2) is 0 Å². The van der Waals surface area contributed by atoms with Crippen molar-refractivity contribution in [1.29, 1.82) is 0 Å². The van der Waals surface area contributed by atoms with Crippen molar-refractivity contribution < 1.29 is 18.0 Å². The molecule has 2 N–H and O–H groups in total. The van der Waals surface area contributed by atoms with Gasteiger partial charge in [0, 0.05) is 44.3 Å². The maximum absolute atomic E-state index is 13.0. The standard InChI is InChI=1S/C18H24N4O4S/c23-17-6-1-13-11-15(4-5-16(13)20-17)27(25,26)22-9-7-21(8-10-22)12-18(24)19-14-2-3-14/h4-5,11,14H,1-3,6-10,12H2,(H,19,24)(H,20,23). The number of hydrogen-bond acceptors (Lipinski definition) is 5. The first-order valence-corrected chi connectivity index (χ1v) is 10.8. The average molecular weight is 392 g/mol. The van der Waals surface area contributed by atoms with Crippen LogP contribution in [0.1, 0.15) is 24.8 Å². The van der Waals surface area contributed by atoms with E-state index in [1.54, 1.807) is 18.2 Å². The second-order valence-electron chi connectivity index (χ2n) is 7.39. The maximum atomic E-state index is 13.0. The molecule has 1 saturated carbocycles. The molecule has 0 bridgehead atoms. The van der Waals surface area contributed by atoms with E-state index >= 15 is 0 Å². The maximum Gasteiger partial charge on any atom is 0.243 e.